The minimum Gasteiger partial charge on any atom is -0.492 e. The monoisotopic (exact) mass is 440 g/mol. The van der Waals surface area contributed by atoms with Crippen LogP contribution in [0.5, 0.6) is 5.75 Å². The molecule has 0 saturated carbocycles. The molecule has 1 fully saturated rings. The second-order valence-corrected chi connectivity index (χ2v) is 8.09. The van der Waals surface area contributed by atoms with Crippen molar-refractivity contribution in [1.29, 1.82) is 0 Å². The van der Waals surface area contributed by atoms with Gasteiger partial charge in [0.25, 0.3) is 0 Å². The molecule has 28 heavy (non-hydrogen) atoms. The number of rotatable bonds is 7. The summed E-state index contributed by atoms with van der Waals surface area (Å²) in [4.78, 5) is 14.7. The molecular weight excluding hydrogens is 419 g/mol. The van der Waals surface area contributed by atoms with Gasteiger partial charge in [-0.05, 0) is 62.3 Å². The number of halogens is 3. The Kier molecular flexibility index (Phi) is 7.86. The van der Waals surface area contributed by atoms with Crippen LogP contribution in [0.3, 0.4) is 0 Å². The summed E-state index contributed by atoms with van der Waals surface area (Å²) in [6, 6.07) is 12.7. The largest absolute Gasteiger partial charge is 0.492 e. The molecule has 150 valence electrons. The van der Waals surface area contributed by atoms with Gasteiger partial charge in [0.05, 0.1) is 6.54 Å². The van der Waals surface area contributed by atoms with E-state index < -0.39 is 0 Å². The lowest BCUT2D eigenvalue weighted by atomic mass is 9.95. The number of nitrogens with zero attached hydrogens (tertiary/aromatic N) is 1. The van der Waals surface area contributed by atoms with Crippen molar-refractivity contribution in [2.24, 2.45) is 5.92 Å². The Morgan fingerprint density at radius 3 is 2.32 bits per heavy atom. The van der Waals surface area contributed by atoms with Crippen molar-refractivity contribution in [3.8, 4) is 5.75 Å². The van der Waals surface area contributed by atoms with E-state index in [1.807, 2.05) is 30.3 Å². The van der Waals surface area contributed by atoms with Crippen molar-refractivity contribution < 1.29 is 9.53 Å². The SMILES string of the molecule is O=C(NCCOc1ccc(Cl)cc1)C1CCN(Cc2c(Cl)cccc2Cl)CC1. The first-order valence-electron chi connectivity index (χ1n) is 9.34. The Bertz CT molecular complexity index is 770. The van der Waals surface area contributed by atoms with Crippen LogP contribution >= 0.6 is 34.8 Å². The molecule has 1 aliphatic heterocycles. The van der Waals surface area contributed by atoms with Gasteiger partial charge in [0.2, 0.25) is 5.91 Å². The normalized spacial score (nSPS) is 15.4. The molecule has 3 rings (SSSR count). The van der Waals surface area contributed by atoms with E-state index in [1.165, 1.54) is 0 Å². The zero-order valence-corrected chi connectivity index (χ0v) is 17.7. The van der Waals surface area contributed by atoms with E-state index in [4.69, 9.17) is 39.5 Å². The molecule has 1 aliphatic rings. The van der Waals surface area contributed by atoms with Gasteiger partial charge in [0.1, 0.15) is 12.4 Å². The molecule has 7 heteroatoms. The lowest BCUT2D eigenvalue weighted by Gasteiger charge is -2.31. The molecule has 1 heterocycles. The summed E-state index contributed by atoms with van der Waals surface area (Å²) in [5.41, 5.74) is 0.952. The predicted molar refractivity (Wildman–Crippen MR) is 114 cm³/mol. The number of carbonyl (C=O) groups is 1. The molecule has 0 aromatic heterocycles. The molecular formula is C21H23Cl3N2O2. The van der Waals surface area contributed by atoms with E-state index in [2.05, 4.69) is 10.2 Å². The molecule has 0 aliphatic carbocycles. The van der Waals surface area contributed by atoms with Gasteiger partial charge in [-0.25, -0.2) is 0 Å². The molecule has 1 amide bonds. The first-order chi connectivity index (χ1) is 13.5. The predicted octanol–water partition coefficient (Wildman–Crippen LogP) is 5.05. The number of ether oxygens (including phenoxy) is 1. The van der Waals surface area contributed by atoms with Crippen LogP contribution in [0, 0.1) is 5.92 Å². The maximum atomic E-state index is 12.4. The van der Waals surface area contributed by atoms with Crippen LogP contribution in [-0.2, 0) is 11.3 Å². The third-order valence-electron chi connectivity index (χ3n) is 4.89. The number of nitrogens with one attached hydrogen (secondary N) is 1. The van der Waals surface area contributed by atoms with Crippen molar-refractivity contribution in [2.45, 2.75) is 19.4 Å². The summed E-state index contributed by atoms with van der Waals surface area (Å²) in [6.07, 6.45) is 1.65. The topological polar surface area (TPSA) is 41.6 Å². The van der Waals surface area contributed by atoms with Crippen LogP contribution in [0.4, 0.5) is 0 Å². The fourth-order valence-electron chi connectivity index (χ4n) is 3.28. The van der Waals surface area contributed by atoms with Crippen molar-refractivity contribution in [3.05, 3.63) is 63.1 Å². The number of piperidine rings is 1. The number of hydrogen-bond acceptors (Lipinski definition) is 3. The first-order valence-corrected chi connectivity index (χ1v) is 10.5. The van der Waals surface area contributed by atoms with Crippen molar-refractivity contribution >= 4 is 40.7 Å². The fraction of sp³-hybridized carbons (Fsp3) is 0.381. The highest BCUT2D eigenvalue weighted by Crippen LogP contribution is 2.27. The molecule has 2 aromatic rings. The standard InChI is InChI=1S/C21H23Cl3N2O2/c22-16-4-6-17(7-5-16)28-13-10-25-21(27)15-8-11-26(12-9-15)14-18-19(23)2-1-3-20(18)24/h1-7,15H,8-14H2,(H,25,27). The number of amides is 1. The molecule has 4 nitrogen and oxygen atoms in total. The molecule has 0 atom stereocenters. The molecule has 0 unspecified atom stereocenters. The number of likely N-dealkylation sites (tertiary alicyclic amines) is 1. The highest BCUT2D eigenvalue weighted by molar-refractivity contribution is 6.36. The maximum absolute atomic E-state index is 12.4. The molecule has 0 bridgehead atoms. The summed E-state index contributed by atoms with van der Waals surface area (Å²) >= 11 is 18.4. The van der Waals surface area contributed by atoms with Crippen LogP contribution in [-0.4, -0.2) is 37.0 Å². The zero-order valence-electron chi connectivity index (χ0n) is 15.5. The minimum absolute atomic E-state index is 0.0356. The molecule has 1 N–H and O–H groups in total. The van der Waals surface area contributed by atoms with E-state index >= 15 is 0 Å². The third-order valence-corrected chi connectivity index (χ3v) is 5.85. The number of carbonyl (C=O) groups excluding carboxylic acids is 1. The lowest BCUT2D eigenvalue weighted by molar-refractivity contribution is -0.126. The summed E-state index contributed by atoms with van der Waals surface area (Å²) in [5.74, 6) is 0.869. The molecule has 0 radical (unpaired) electrons. The van der Waals surface area contributed by atoms with Gasteiger partial charge in [0, 0.05) is 33.1 Å². The number of hydrogen-bond donors (Lipinski definition) is 1. The quantitative estimate of drug-likeness (QED) is 0.611. The van der Waals surface area contributed by atoms with Crippen LogP contribution in [0.1, 0.15) is 18.4 Å². The minimum atomic E-state index is 0.0356. The van der Waals surface area contributed by atoms with Crippen LogP contribution in [0.25, 0.3) is 0 Å². The van der Waals surface area contributed by atoms with Crippen LogP contribution in [0.2, 0.25) is 15.1 Å². The van der Waals surface area contributed by atoms with Crippen LogP contribution in [0.15, 0.2) is 42.5 Å². The Balaban J connectivity index is 1.37. The summed E-state index contributed by atoms with van der Waals surface area (Å²) < 4.78 is 5.60. The molecule has 1 saturated heterocycles. The maximum Gasteiger partial charge on any atom is 0.223 e. The lowest BCUT2D eigenvalue weighted by Crippen LogP contribution is -2.41. The smallest absolute Gasteiger partial charge is 0.223 e. The van der Waals surface area contributed by atoms with E-state index in [0.717, 1.165) is 37.2 Å². The fourth-order valence-corrected chi connectivity index (χ4v) is 3.92. The Morgan fingerprint density at radius 1 is 1.04 bits per heavy atom. The Morgan fingerprint density at radius 2 is 1.68 bits per heavy atom. The van der Waals surface area contributed by atoms with Crippen molar-refractivity contribution in [3.63, 3.8) is 0 Å². The third kappa shape index (κ3) is 6.02. The zero-order chi connectivity index (χ0) is 19.9. The molecule has 0 spiro atoms. The van der Waals surface area contributed by atoms with Crippen molar-refractivity contribution in [1.82, 2.24) is 10.2 Å². The first kappa shape index (κ1) is 21.3. The van der Waals surface area contributed by atoms with Gasteiger partial charge in [-0.15, -0.1) is 0 Å². The van der Waals surface area contributed by atoms with Gasteiger partial charge in [0.15, 0.2) is 0 Å². The molecule has 2 aromatic carbocycles. The van der Waals surface area contributed by atoms with Gasteiger partial charge < -0.3 is 10.1 Å². The van der Waals surface area contributed by atoms with E-state index in [-0.39, 0.29) is 11.8 Å². The average Bonchev–Trinajstić information content (AvgIpc) is 2.70. The summed E-state index contributed by atoms with van der Waals surface area (Å²) in [6.45, 7) is 3.32. The number of benzene rings is 2. The van der Waals surface area contributed by atoms with Crippen molar-refractivity contribution in [2.75, 3.05) is 26.2 Å². The van der Waals surface area contributed by atoms with Gasteiger partial charge in [-0.1, -0.05) is 40.9 Å². The van der Waals surface area contributed by atoms with Gasteiger partial charge in [-0.3, -0.25) is 9.69 Å². The highest BCUT2D eigenvalue weighted by atomic mass is 35.5. The summed E-state index contributed by atoms with van der Waals surface area (Å²) in [5, 5.41) is 5.01. The Labute approximate surface area is 180 Å². The second kappa shape index (κ2) is 10.4. The van der Waals surface area contributed by atoms with E-state index in [1.54, 1.807) is 12.1 Å². The Hall–Kier alpha value is -1.46. The van der Waals surface area contributed by atoms with Crippen LogP contribution < -0.4 is 10.1 Å². The van der Waals surface area contributed by atoms with Gasteiger partial charge in [-0.2, -0.15) is 0 Å². The average molecular weight is 442 g/mol. The van der Waals surface area contributed by atoms with Gasteiger partial charge >= 0.3 is 0 Å². The van der Waals surface area contributed by atoms with E-state index in [0.29, 0.717) is 34.8 Å². The summed E-state index contributed by atoms with van der Waals surface area (Å²) in [7, 11) is 0. The van der Waals surface area contributed by atoms with E-state index in [9.17, 15) is 4.79 Å². The highest BCUT2D eigenvalue weighted by Gasteiger charge is 2.25. The second-order valence-electron chi connectivity index (χ2n) is 6.84.